The summed E-state index contributed by atoms with van der Waals surface area (Å²) in [7, 11) is 1.66. The molecule has 0 aromatic carbocycles. The minimum atomic E-state index is -0.824. The maximum atomic E-state index is 12.7. The normalized spacial score (nSPS) is 36.5. The number of allylic oxidation sites excluding steroid dienone is 1. The Bertz CT molecular complexity index is 842. The number of nitrogens with one attached hydrogen (secondary N) is 1. The molecule has 9 nitrogen and oxygen atoms in total. The van der Waals surface area contributed by atoms with Crippen molar-refractivity contribution in [3.8, 4) is 0 Å². The zero-order valence-electron chi connectivity index (χ0n) is 23.3. The maximum absolute atomic E-state index is 12.7. The summed E-state index contributed by atoms with van der Waals surface area (Å²) in [4.78, 5) is 26.0. The Morgan fingerprint density at radius 1 is 1.31 bits per heavy atom. The number of nitrogens with zero attached hydrogens (tertiary/aromatic N) is 1. The molecule has 10 heteroatoms. The second-order valence-electron chi connectivity index (χ2n) is 11.5. The van der Waals surface area contributed by atoms with E-state index in [2.05, 4.69) is 32.2 Å². The smallest absolute Gasteiger partial charge is 1.00 e. The van der Waals surface area contributed by atoms with Crippen LogP contribution in [0.15, 0.2) is 11.6 Å². The van der Waals surface area contributed by atoms with Crippen LogP contribution in [0, 0.1) is 11.3 Å². The third kappa shape index (κ3) is 6.08. The van der Waals surface area contributed by atoms with Gasteiger partial charge < -0.3 is 30.8 Å². The van der Waals surface area contributed by atoms with Crippen LogP contribution in [0.3, 0.4) is 0 Å². The molecule has 3 aliphatic heterocycles. The first-order valence-corrected chi connectivity index (χ1v) is 12.3. The standard InChI is InChI=1S/C25H40N2O7.Na.H/c1-15(2)7-8-18-24(5,34-18)20-19(31-6)17(9-10-25(20)14-32-25)33-22(30)26-16-11-27(12-16)13-23(3,4)21(28)29;;/h7,16-20H,8-14H2,1-6H3,(H,26,30)(H,28,29);;/q;+1;-1/t17-,18-,19-,20-,24+,25+;;/m1../s1. The van der Waals surface area contributed by atoms with Gasteiger partial charge in [0.2, 0.25) is 0 Å². The number of amides is 1. The molecule has 35 heavy (non-hydrogen) atoms. The zero-order valence-corrected chi connectivity index (χ0v) is 24.3. The number of rotatable bonds is 9. The summed E-state index contributed by atoms with van der Waals surface area (Å²) in [5.41, 5.74) is -0.176. The van der Waals surface area contributed by atoms with Gasteiger partial charge in [0.1, 0.15) is 23.4 Å². The van der Waals surface area contributed by atoms with Crippen molar-refractivity contribution >= 4 is 12.1 Å². The van der Waals surface area contributed by atoms with Crippen molar-refractivity contribution in [2.75, 3.05) is 33.4 Å². The van der Waals surface area contributed by atoms with Crippen molar-refractivity contribution in [2.45, 2.75) is 89.4 Å². The van der Waals surface area contributed by atoms with Gasteiger partial charge in [0.15, 0.2) is 0 Å². The number of ether oxygens (including phenoxy) is 4. The Morgan fingerprint density at radius 2 is 1.97 bits per heavy atom. The van der Waals surface area contributed by atoms with Crippen LogP contribution in [-0.2, 0) is 23.7 Å². The van der Waals surface area contributed by atoms with Gasteiger partial charge in [0.05, 0.1) is 30.1 Å². The Morgan fingerprint density at radius 3 is 2.51 bits per heavy atom. The van der Waals surface area contributed by atoms with Crippen molar-refractivity contribution in [2.24, 2.45) is 11.3 Å². The van der Waals surface area contributed by atoms with E-state index in [0.717, 1.165) is 12.8 Å². The van der Waals surface area contributed by atoms with Gasteiger partial charge in [0.25, 0.3) is 0 Å². The van der Waals surface area contributed by atoms with Gasteiger partial charge in [-0.1, -0.05) is 11.6 Å². The van der Waals surface area contributed by atoms with Crippen LogP contribution in [0.5, 0.6) is 0 Å². The molecule has 1 aliphatic carbocycles. The fraction of sp³-hybridized carbons (Fsp3) is 0.840. The first kappa shape index (κ1) is 28.9. The van der Waals surface area contributed by atoms with Gasteiger partial charge in [-0.2, -0.15) is 0 Å². The van der Waals surface area contributed by atoms with E-state index in [0.29, 0.717) is 32.7 Å². The van der Waals surface area contributed by atoms with Crippen molar-refractivity contribution in [1.29, 1.82) is 0 Å². The van der Waals surface area contributed by atoms with Crippen LogP contribution in [0.2, 0.25) is 0 Å². The number of carboxylic acids is 1. The molecular weight excluding hydrogens is 463 g/mol. The second kappa shape index (κ2) is 10.6. The van der Waals surface area contributed by atoms with Crippen LogP contribution in [0.4, 0.5) is 4.79 Å². The molecule has 4 rings (SSSR count). The largest absolute Gasteiger partial charge is 1.00 e. The van der Waals surface area contributed by atoms with E-state index in [1.54, 1.807) is 21.0 Å². The second-order valence-corrected chi connectivity index (χ2v) is 11.5. The minimum absolute atomic E-state index is 0. The van der Waals surface area contributed by atoms with E-state index in [1.165, 1.54) is 5.57 Å². The SMILES string of the molecule is CO[C@@H]1[C@H](OC(=O)NC2CN(CC(C)(C)C(=O)O)C2)CC[C@]2(CO2)[C@H]1[C@@]1(C)O[C@@H]1CC=C(C)C.[H-].[Na+]. The van der Waals surface area contributed by atoms with Gasteiger partial charge in [-0.25, -0.2) is 4.79 Å². The van der Waals surface area contributed by atoms with Gasteiger partial charge in [0, 0.05) is 26.7 Å². The van der Waals surface area contributed by atoms with Gasteiger partial charge >= 0.3 is 41.6 Å². The van der Waals surface area contributed by atoms with Gasteiger partial charge in [-0.15, -0.1) is 0 Å². The molecule has 1 saturated carbocycles. The number of likely N-dealkylation sites (tertiary alicyclic amines) is 1. The van der Waals surface area contributed by atoms with E-state index >= 15 is 0 Å². The minimum Gasteiger partial charge on any atom is -1.00 e. The Kier molecular flexibility index (Phi) is 8.74. The van der Waals surface area contributed by atoms with E-state index in [9.17, 15) is 14.7 Å². The molecule has 194 valence electrons. The van der Waals surface area contributed by atoms with Crippen LogP contribution in [0.25, 0.3) is 0 Å². The summed E-state index contributed by atoms with van der Waals surface area (Å²) >= 11 is 0. The van der Waals surface area contributed by atoms with E-state index < -0.39 is 17.5 Å². The van der Waals surface area contributed by atoms with Crippen LogP contribution in [-0.4, -0.2) is 91.0 Å². The van der Waals surface area contributed by atoms with Crippen LogP contribution < -0.4 is 34.9 Å². The molecule has 4 aliphatic rings. The molecule has 3 saturated heterocycles. The summed E-state index contributed by atoms with van der Waals surface area (Å²) in [5, 5.41) is 12.2. The van der Waals surface area contributed by atoms with Crippen LogP contribution >= 0.6 is 0 Å². The van der Waals surface area contributed by atoms with E-state index in [-0.39, 0.29) is 72.5 Å². The number of carbonyl (C=O) groups excluding carboxylic acids is 1. The number of hydrogen-bond donors (Lipinski definition) is 2. The molecule has 0 unspecified atom stereocenters. The molecule has 1 amide bonds. The third-order valence-corrected chi connectivity index (χ3v) is 7.97. The molecule has 0 aromatic heterocycles. The first-order valence-electron chi connectivity index (χ1n) is 12.3. The first-order chi connectivity index (χ1) is 15.9. The molecule has 6 atom stereocenters. The van der Waals surface area contributed by atoms with Gasteiger partial charge in [-0.05, 0) is 53.9 Å². The zero-order chi connectivity index (χ0) is 24.9. The molecule has 3 heterocycles. The fourth-order valence-electron chi connectivity index (χ4n) is 5.83. The quantitative estimate of drug-likeness (QED) is 0.250. The Labute approximate surface area is 232 Å². The van der Waals surface area contributed by atoms with Crippen LogP contribution in [0.1, 0.15) is 55.3 Å². The maximum Gasteiger partial charge on any atom is 1.00 e. The summed E-state index contributed by atoms with van der Waals surface area (Å²) in [6, 6.07) is -0.0479. The number of carboxylic acid groups (broad SMARTS) is 1. The monoisotopic (exact) mass is 504 g/mol. The molecule has 1 spiro atoms. The molecule has 0 radical (unpaired) electrons. The Hall–Kier alpha value is -0.680. The van der Waals surface area contributed by atoms with Crippen molar-refractivity contribution in [1.82, 2.24) is 10.2 Å². The number of epoxide rings is 2. The number of carbonyl (C=O) groups is 2. The summed E-state index contributed by atoms with van der Waals surface area (Å²) in [6.45, 7) is 12.1. The predicted octanol–water partition coefficient (Wildman–Crippen LogP) is -0.299. The molecule has 0 aromatic rings. The molecule has 0 bridgehead atoms. The molecule has 4 fully saturated rings. The number of hydrogen-bond acceptors (Lipinski definition) is 7. The number of alkyl carbamates (subject to hydrolysis) is 1. The van der Waals surface area contributed by atoms with E-state index in [4.69, 9.17) is 18.9 Å². The van der Waals surface area contributed by atoms with Crippen molar-refractivity contribution in [3.63, 3.8) is 0 Å². The number of aliphatic carboxylic acids is 1. The third-order valence-electron chi connectivity index (χ3n) is 7.97. The fourth-order valence-corrected chi connectivity index (χ4v) is 5.83. The summed E-state index contributed by atoms with van der Waals surface area (Å²) in [6.07, 6.45) is 3.51. The Balaban J connectivity index is 0.00000228. The van der Waals surface area contributed by atoms with Crippen molar-refractivity contribution in [3.05, 3.63) is 11.6 Å². The summed E-state index contributed by atoms with van der Waals surface area (Å²) in [5.74, 6) is -0.834. The number of methoxy groups -OCH3 is 1. The average molecular weight is 505 g/mol. The summed E-state index contributed by atoms with van der Waals surface area (Å²) < 4.78 is 24.0. The average Bonchev–Trinajstić information content (AvgIpc) is 3.63. The van der Waals surface area contributed by atoms with E-state index in [1.807, 2.05) is 4.90 Å². The topological polar surface area (TPSA) is 113 Å². The van der Waals surface area contributed by atoms with Gasteiger partial charge in [-0.3, -0.25) is 9.69 Å². The molecule has 2 N–H and O–H groups in total. The predicted molar refractivity (Wildman–Crippen MR) is 126 cm³/mol. The molecular formula is C25H41N2NaO7. The van der Waals surface area contributed by atoms with Crippen molar-refractivity contribution < 1.29 is 64.6 Å².